The maximum atomic E-state index is 13.0. The Morgan fingerprint density at radius 1 is 0.971 bits per heavy atom. The third-order valence-corrected chi connectivity index (χ3v) is 4.78. The molecule has 0 fully saturated rings. The van der Waals surface area contributed by atoms with Gasteiger partial charge < -0.3 is 24.8 Å². The first-order valence-corrected chi connectivity index (χ1v) is 10.9. The highest BCUT2D eigenvalue weighted by molar-refractivity contribution is 6.07. The summed E-state index contributed by atoms with van der Waals surface area (Å²) in [6, 6.07) is 15.8. The van der Waals surface area contributed by atoms with E-state index in [1.165, 1.54) is 14.2 Å². The number of hydrogen-bond donors (Lipinski definition) is 2. The Morgan fingerprint density at radius 3 is 2.37 bits per heavy atom. The predicted molar refractivity (Wildman–Crippen MR) is 132 cm³/mol. The number of aromatic nitrogens is 1. The van der Waals surface area contributed by atoms with Crippen molar-refractivity contribution in [2.24, 2.45) is 5.92 Å². The number of fused-ring (bicyclic) bond motifs is 1. The van der Waals surface area contributed by atoms with Crippen molar-refractivity contribution in [1.29, 1.82) is 0 Å². The molecule has 182 valence electrons. The van der Waals surface area contributed by atoms with Crippen LogP contribution in [0.1, 0.15) is 24.3 Å². The van der Waals surface area contributed by atoms with E-state index in [1.807, 2.05) is 32.0 Å². The van der Waals surface area contributed by atoms with Crippen molar-refractivity contribution in [2.75, 3.05) is 31.5 Å². The summed E-state index contributed by atoms with van der Waals surface area (Å²) in [4.78, 5) is 41.6. The van der Waals surface area contributed by atoms with Crippen LogP contribution >= 0.6 is 0 Å². The van der Waals surface area contributed by atoms with Gasteiger partial charge in [-0.05, 0) is 30.2 Å². The standard InChI is InChI=1S/C26H27N3O6/c1-16(2)15-35-22-13-20(25(31)27-17-9-6-5-7-10-17)29-24-18(22)11-8-12-19(24)28-21(26(32)34-4)14-23(30)33-3/h5-14,16,28H,15H2,1-4H3,(H,27,31)/b21-14-. The first kappa shape index (κ1) is 25.2. The summed E-state index contributed by atoms with van der Waals surface area (Å²) in [5.41, 5.74) is 1.31. The molecule has 2 N–H and O–H groups in total. The fourth-order valence-corrected chi connectivity index (χ4v) is 3.10. The molecule has 0 aliphatic rings. The van der Waals surface area contributed by atoms with Gasteiger partial charge in [-0.15, -0.1) is 0 Å². The average Bonchev–Trinajstić information content (AvgIpc) is 2.86. The number of nitrogens with zero attached hydrogens (tertiary/aromatic N) is 1. The average molecular weight is 478 g/mol. The van der Waals surface area contributed by atoms with Crippen LogP contribution in [0.4, 0.5) is 11.4 Å². The Labute approximate surface area is 203 Å². The number of nitrogens with one attached hydrogen (secondary N) is 2. The van der Waals surface area contributed by atoms with Crippen molar-refractivity contribution < 1.29 is 28.6 Å². The lowest BCUT2D eigenvalue weighted by Crippen LogP contribution is -2.17. The van der Waals surface area contributed by atoms with Crippen molar-refractivity contribution in [3.63, 3.8) is 0 Å². The minimum atomic E-state index is -0.776. The molecule has 9 nitrogen and oxygen atoms in total. The van der Waals surface area contributed by atoms with Gasteiger partial charge in [0.25, 0.3) is 5.91 Å². The highest BCUT2D eigenvalue weighted by Gasteiger charge is 2.19. The summed E-state index contributed by atoms with van der Waals surface area (Å²) in [5, 5.41) is 6.31. The van der Waals surface area contributed by atoms with Crippen LogP contribution in [0, 0.1) is 5.92 Å². The van der Waals surface area contributed by atoms with Gasteiger partial charge in [0.15, 0.2) is 0 Å². The topological polar surface area (TPSA) is 116 Å². The Hall–Kier alpha value is -4.40. The van der Waals surface area contributed by atoms with Crippen LogP contribution in [0.5, 0.6) is 5.75 Å². The number of carbonyl (C=O) groups is 3. The molecule has 0 saturated carbocycles. The van der Waals surface area contributed by atoms with Crippen LogP contribution < -0.4 is 15.4 Å². The summed E-state index contributed by atoms with van der Waals surface area (Å²) in [7, 11) is 2.39. The molecule has 0 atom stereocenters. The first-order chi connectivity index (χ1) is 16.8. The van der Waals surface area contributed by atoms with Crippen molar-refractivity contribution >= 4 is 40.1 Å². The number of carbonyl (C=O) groups excluding carboxylic acids is 3. The fourth-order valence-electron chi connectivity index (χ4n) is 3.10. The molecule has 9 heteroatoms. The van der Waals surface area contributed by atoms with Gasteiger partial charge in [-0.3, -0.25) is 4.79 Å². The molecule has 0 bridgehead atoms. The van der Waals surface area contributed by atoms with Crippen LogP contribution in [0.25, 0.3) is 10.9 Å². The Kier molecular flexibility index (Phi) is 8.39. The zero-order chi connectivity index (χ0) is 25.4. The number of para-hydroxylation sites is 2. The van der Waals surface area contributed by atoms with Crippen molar-refractivity contribution in [3.8, 4) is 5.75 Å². The molecule has 3 aromatic rings. The van der Waals surface area contributed by atoms with Gasteiger partial charge in [0, 0.05) is 17.1 Å². The van der Waals surface area contributed by atoms with Crippen molar-refractivity contribution in [3.05, 3.63) is 72.1 Å². The van der Waals surface area contributed by atoms with Crippen LogP contribution in [0.3, 0.4) is 0 Å². The van der Waals surface area contributed by atoms with Gasteiger partial charge in [0.05, 0.1) is 38.1 Å². The minimum absolute atomic E-state index is 0.117. The second-order valence-electron chi connectivity index (χ2n) is 7.93. The highest BCUT2D eigenvalue weighted by Crippen LogP contribution is 2.32. The van der Waals surface area contributed by atoms with E-state index in [0.29, 0.717) is 34.6 Å². The zero-order valence-electron chi connectivity index (χ0n) is 20.0. The van der Waals surface area contributed by atoms with Crippen molar-refractivity contribution in [1.82, 2.24) is 4.98 Å². The molecule has 0 aliphatic heterocycles. The smallest absolute Gasteiger partial charge is 0.354 e. The largest absolute Gasteiger partial charge is 0.493 e. The molecule has 0 radical (unpaired) electrons. The second-order valence-corrected chi connectivity index (χ2v) is 7.93. The van der Waals surface area contributed by atoms with Gasteiger partial charge in [0.1, 0.15) is 17.1 Å². The van der Waals surface area contributed by atoms with E-state index >= 15 is 0 Å². The van der Waals surface area contributed by atoms with E-state index in [2.05, 4.69) is 20.4 Å². The third kappa shape index (κ3) is 6.57. The second kappa shape index (κ2) is 11.6. The molecule has 3 rings (SSSR count). The highest BCUT2D eigenvalue weighted by atomic mass is 16.5. The lowest BCUT2D eigenvalue weighted by molar-refractivity contribution is -0.138. The molecule has 2 aromatic carbocycles. The van der Waals surface area contributed by atoms with E-state index in [-0.39, 0.29) is 17.3 Å². The third-order valence-electron chi connectivity index (χ3n) is 4.78. The number of anilines is 2. The van der Waals surface area contributed by atoms with E-state index in [1.54, 1.807) is 36.4 Å². The summed E-state index contributed by atoms with van der Waals surface area (Å²) in [6.45, 7) is 4.45. The summed E-state index contributed by atoms with van der Waals surface area (Å²) >= 11 is 0. The van der Waals surface area contributed by atoms with Gasteiger partial charge in [-0.2, -0.15) is 0 Å². The molecule has 1 heterocycles. The Bertz CT molecular complexity index is 1250. The summed E-state index contributed by atoms with van der Waals surface area (Å²) in [5.74, 6) is -1.24. The van der Waals surface area contributed by atoms with Crippen LogP contribution in [0.2, 0.25) is 0 Å². The summed E-state index contributed by atoms with van der Waals surface area (Å²) < 4.78 is 15.4. The lowest BCUT2D eigenvalue weighted by Gasteiger charge is -2.16. The summed E-state index contributed by atoms with van der Waals surface area (Å²) in [6.07, 6.45) is 0.979. The molecule has 35 heavy (non-hydrogen) atoms. The zero-order valence-corrected chi connectivity index (χ0v) is 20.0. The number of methoxy groups -OCH3 is 2. The monoisotopic (exact) mass is 477 g/mol. The maximum Gasteiger partial charge on any atom is 0.354 e. The normalized spacial score (nSPS) is 11.2. The van der Waals surface area contributed by atoms with E-state index in [4.69, 9.17) is 9.47 Å². The number of ether oxygens (including phenoxy) is 3. The van der Waals surface area contributed by atoms with E-state index in [9.17, 15) is 14.4 Å². The lowest BCUT2D eigenvalue weighted by atomic mass is 10.1. The fraction of sp³-hybridized carbons (Fsp3) is 0.231. The van der Waals surface area contributed by atoms with Gasteiger partial charge in [0.2, 0.25) is 0 Å². The molecule has 0 unspecified atom stereocenters. The van der Waals surface area contributed by atoms with Crippen LogP contribution in [0.15, 0.2) is 66.4 Å². The Morgan fingerprint density at radius 2 is 1.71 bits per heavy atom. The quantitative estimate of drug-likeness (QED) is 0.349. The predicted octanol–water partition coefficient (Wildman–Crippen LogP) is 4.16. The Balaban J connectivity index is 2.10. The number of benzene rings is 2. The van der Waals surface area contributed by atoms with Gasteiger partial charge >= 0.3 is 11.9 Å². The van der Waals surface area contributed by atoms with E-state index < -0.39 is 17.8 Å². The van der Waals surface area contributed by atoms with Crippen LogP contribution in [-0.4, -0.2) is 43.7 Å². The molecule has 0 saturated heterocycles. The van der Waals surface area contributed by atoms with Crippen LogP contribution in [-0.2, 0) is 19.1 Å². The minimum Gasteiger partial charge on any atom is -0.493 e. The molecule has 1 amide bonds. The number of pyridine rings is 1. The number of rotatable bonds is 9. The number of amides is 1. The maximum absolute atomic E-state index is 13.0. The molecule has 0 spiro atoms. The van der Waals surface area contributed by atoms with Gasteiger partial charge in [-0.1, -0.05) is 38.1 Å². The SMILES string of the molecule is COC(=O)/C=C(\Nc1cccc2c(OCC(C)C)cc(C(=O)Nc3ccccc3)nc12)C(=O)OC. The van der Waals surface area contributed by atoms with E-state index in [0.717, 1.165) is 6.08 Å². The molecule has 0 aliphatic carbocycles. The van der Waals surface area contributed by atoms with Crippen molar-refractivity contribution in [2.45, 2.75) is 13.8 Å². The first-order valence-electron chi connectivity index (χ1n) is 10.9. The van der Waals surface area contributed by atoms with Gasteiger partial charge in [-0.25, -0.2) is 14.6 Å². The molecular weight excluding hydrogens is 450 g/mol. The number of hydrogen-bond acceptors (Lipinski definition) is 8. The number of esters is 2. The molecule has 1 aromatic heterocycles. The molecular formula is C26H27N3O6.